The first-order chi connectivity index (χ1) is 21.7. The second kappa shape index (κ2) is 14.5. The topological polar surface area (TPSA) is 148 Å². The summed E-state index contributed by atoms with van der Waals surface area (Å²) < 4.78 is 37.9. The Morgan fingerprint density at radius 2 is 1.58 bits per heavy atom. The zero-order valence-corrected chi connectivity index (χ0v) is 25.8. The number of ketones is 1. The summed E-state index contributed by atoms with van der Waals surface area (Å²) in [5.41, 5.74) is 3.26. The molecular formula is C33H36N4O7S. The lowest BCUT2D eigenvalue weighted by molar-refractivity contribution is -0.123. The summed E-state index contributed by atoms with van der Waals surface area (Å²) >= 11 is 0. The molecule has 4 aromatic rings. The number of nitrogens with zero attached hydrogens (tertiary/aromatic N) is 2. The Kier molecular flexibility index (Phi) is 10.3. The third-order valence-corrected chi connectivity index (χ3v) is 9.26. The van der Waals surface area contributed by atoms with E-state index in [0.717, 1.165) is 11.1 Å². The van der Waals surface area contributed by atoms with Crippen molar-refractivity contribution in [2.75, 3.05) is 32.1 Å². The van der Waals surface area contributed by atoms with Gasteiger partial charge in [0.25, 0.3) is 5.89 Å². The number of amides is 3. The van der Waals surface area contributed by atoms with Gasteiger partial charge in [0.1, 0.15) is 11.6 Å². The summed E-state index contributed by atoms with van der Waals surface area (Å²) in [5.74, 6) is -2.50. The van der Waals surface area contributed by atoms with Crippen molar-refractivity contribution >= 4 is 38.7 Å². The van der Waals surface area contributed by atoms with Crippen LogP contribution in [0.1, 0.15) is 33.8 Å². The number of hydrogen-bond donors (Lipinski definition) is 2. The normalized spacial score (nSPS) is 14.9. The van der Waals surface area contributed by atoms with Crippen LogP contribution in [0.25, 0.3) is 11.1 Å². The predicted octanol–water partition coefficient (Wildman–Crippen LogP) is 3.46. The first-order valence-electron chi connectivity index (χ1n) is 14.8. The lowest BCUT2D eigenvalue weighted by Gasteiger charge is -2.29. The molecule has 1 aliphatic rings. The monoisotopic (exact) mass is 632 g/mol. The maximum Gasteiger partial charge on any atom is 0.318 e. The molecule has 1 aliphatic heterocycles. The number of morpholine rings is 1. The second-order valence-corrected chi connectivity index (χ2v) is 13.1. The smallest absolute Gasteiger partial charge is 0.318 e. The van der Waals surface area contributed by atoms with Crippen molar-refractivity contribution in [2.45, 2.75) is 37.6 Å². The van der Waals surface area contributed by atoms with Crippen molar-refractivity contribution in [1.29, 1.82) is 0 Å². The minimum absolute atomic E-state index is 0.171. The van der Waals surface area contributed by atoms with Crippen molar-refractivity contribution < 1.29 is 32.0 Å². The first-order valence-corrected chi connectivity index (χ1v) is 16.6. The van der Waals surface area contributed by atoms with Gasteiger partial charge in [-0.05, 0) is 48.6 Å². The molecule has 12 heteroatoms. The van der Waals surface area contributed by atoms with Gasteiger partial charge in [0, 0.05) is 13.1 Å². The highest BCUT2D eigenvalue weighted by Crippen LogP contribution is 2.18. The number of carbonyl (C=O) groups excluding carboxylic acids is 3. The SMILES string of the molecule is Cc1ccccc1CS(=O)(=O)CC(NC(=O)N1CCOCC1)C(=O)N[C@@H](CCc1ccccc1)C(=O)c1nc2ccccc2o1. The number of rotatable bonds is 12. The zero-order chi connectivity index (χ0) is 31.8. The van der Waals surface area contributed by atoms with Gasteiger partial charge in [-0.3, -0.25) is 9.59 Å². The Bertz CT molecular complexity index is 1720. The molecule has 1 saturated heterocycles. The molecule has 1 unspecified atom stereocenters. The molecule has 236 valence electrons. The van der Waals surface area contributed by atoms with Gasteiger partial charge in [0.15, 0.2) is 15.4 Å². The molecule has 1 fully saturated rings. The number of ether oxygens (including phenoxy) is 1. The van der Waals surface area contributed by atoms with Gasteiger partial charge in [-0.25, -0.2) is 18.2 Å². The molecule has 2 heterocycles. The van der Waals surface area contributed by atoms with E-state index in [9.17, 15) is 22.8 Å². The van der Waals surface area contributed by atoms with E-state index in [1.165, 1.54) is 4.90 Å². The van der Waals surface area contributed by atoms with Crippen LogP contribution < -0.4 is 10.6 Å². The van der Waals surface area contributed by atoms with Crippen LogP contribution in [0.4, 0.5) is 4.79 Å². The van der Waals surface area contributed by atoms with Gasteiger partial charge in [-0.2, -0.15) is 0 Å². The van der Waals surface area contributed by atoms with E-state index in [2.05, 4.69) is 15.6 Å². The van der Waals surface area contributed by atoms with E-state index in [-0.39, 0.29) is 18.1 Å². The average Bonchev–Trinajstić information content (AvgIpc) is 3.48. The summed E-state index contributed by atoms with van der Waals surface area (Å²) in [6.07, 6.45) is 0.627. The fraction of sp³-hybridized carbons (Fsp3) is 0.333. The number of hydrogen-bond acceptors (Lipinski definition) is 8. The summed E-state index contributed by atoms with van der Waals surface area (Å²) in [4.78, 5) is 46.5. The second-order valence-electron chi connectivity index (χ2n) is 11.0. The number of aryl methyl sites for hydroxylation is 2. The summed E-state index contributed by atoms with van der Waals surface area (Å²) in [5, 5.41) is 5.34. The number of aromatic nitrogens is 1. The van der Waals surface area contributed by atoms with Gasteiger partial charge in [-0.15, -0.1) is 0 Å². The first kappa shape index (κ1) is 31.9. The highest BCUT2D eigenvalue weighted by molar-refractivity contribution is 7.90. The van der Waals surface area contributed by atoms with E-state index in [0.29, 0.717) is 49.4 Å². The van der Waals surface area contributed by atoms with Crippen LogP contribution in [0.2, 0.25) is 0 Å². The molecule has 3 amide bonds. The van der Waals surface area contributed by atoms with E-state index >= 15 is 0 Å². The third kappa shape index (κ3) is 8.55. The number of fused-ring (bicyclic) bond motifs is 1. The van der Waals surface area contributed by atoms with Crippen LogP contribution in [-0.2, 0) is 31.5 Å². The minimum atomic E-state index is -3.89. The van der Waals surface area contributed by atoms with Gasteiger partial charge in [0.05, 0.1) is 30.8 Å². The summed E-state index contributed by atoms with van der Waals surface area (Å²) in [6.45, 7) is 3.06. The average molecular weight is 633 g/mol. The molecule has 1 aromatic heterocycles. The molecule has 0 bridgehead atoms. The molecule has 0 saturated carbocycles. The fourth-order valence-corrected chi connectivity index (χ4v) is 6.79. The highest BCUT2D eigenvalue weighted by atomic mass is 32.2. The van der Waals surface area contributed by atoms with Crippen molar-refractivity contribution in [2.24, 2.45) is 0 Å². The Labute approximate surface area is 261 Å². The van der Waals surface area contributed by atoms with Crippen LogP contribution in [0.15, 0.2) is 83.3 Å². The number of urea groups is 1. The van der Waals surface area contributed by atoms with E-state index in [1.54, 1.807) is 36.4 Å². The van der Waals surface area contributed by atoms with Crippen LogP contribution >= 0.6 is 0 Å². The molecule has 0 aliphatic carbocycles. The van der Waals surface area contributed by atoms with E-state index in [4.69, 9.17) is 9.15 Å². The molecule has 2 N–H and O–H groups in total. The van der Waals surface area contributed by atoms with Crippen molar-refractivity contribution in [1.82, 2.24) is 20.5 Å². The Morgan fingerprint density at radius 1 is 0.889 bits per heavy atom. The van der Waals surface area contributed by atoms with Crippen molar-refractivity contribution in [3.63, 3.8) is 0 Å². The van der Waals surface area contributed by atoms with Crippen LogP contribution in [0.5, 0.6) is 0 Å². The minimum Gasteiger partial charge on any atom is -0.434 e. The molecule has 0 radical (unpaired) electrons. The quantitative estimate of drug-likeness (QED) is 0.226. The molecule has 3 aromatic carbocycles. The van der Waals surface area contributed by atoms with E-state index in [1.807, 2.05) is 49.4 Å². The van der Waals surface area contributed by atoms with Gasteiger partial charge in [0.2, 0.25) is 11.7 Å². The number of nitrogens with one attached hydrogen (secondary N) is 2. The summed E-state index contributed by atoms with van der Waals surface area (Å²) in [6, 6.07) is 20.3. The molecule has 2 atom stereocenters. The fourth-order valence-electron chi connectivity index (χ4n) is 5.13. The lowest BCUT2D eigenvalue weighted by atomic mass is 10.0. The highest BCUT2D eigenvalue weighted by Gasteiger charge is 2.34. The van der Waals surface area contributed by atoms with Gasteiger partial charge < -0.3 is 24.7 Å². The van der Waals surface area contributed by atoms with Crippen LogP contribution in [0, 0.1) is 6.92 Å². The number of benzene rings is 3. The third-order valence-electron chi connectivity index (χ3n) is 7.67. The van der Waals surface area contributed by atoms with Gasteiger partial charge >= 0.3 is 6.03 Å². The number of Topliss-reactive ketones (excluding diaryl/α,β-unsaturated/α-hetero) is 1. The van der Waals surface area contributed by atoms with Crippen molar-refractivity contribution in [3.05, 3.63) is 101 Å². The molecule has 45 heavy (non-hydrogen) atoms. The van der Waals surface area contributed by atoms with Gasteiger partial charge in [-0.1, -0.05) is 66.7 Å². The van der Waals surface area contributed by atoms with Crippen molar-refractivity contribution in [3.8, 4) is 0 Å². The lowest BCUT2D eigenvalue weighted by Crippen LogP contribution is -2.57. The Morgan fingerprint density at radius 3 is 2.31 bits per heavy atom. The largest absolute Gasteiger partial charge is 0.434 e. The standard InChI is InChI=1S/C33H36N4O7S/c1-23-9-5-6-12-25(23)21-45(41,42)22-28(36-33(40)37-17-19-43-20-18-37)31(39)34-27(16-15-24-10-3-2-4-11-24)30(38)32-35-26-13-7-8-14-29(26)44-32/h2-14,27-28H,15-22H2,1H3,(H,34,39)(H,36,40)/t27-,28?/m0/s1. The molecule has 0 spiro atoms. The number of para-hydroxylation sites is 2. The number of oxazole rings is 1. The Balaban J connectivity index is 1.39. The number of carbonyl (C=O) groups is 3. The van der Waals surface area contributed by atoms with Crippen LogP contribution in [0.3, 0.4) is 0 Å². The maximum atomic E-state index is 13.9. The Hall–Kier alpha value is -4.55. The number of sulfone groups is 1. The molecule has 5 rings (SSSR count). The predicted molar refractivity (Wildman–Crippen MR) is 168 cm³/mol. The zero-order valence-electron chi connectivity index (χ0n) is 25.0. The molecular weight excluding hydrogens is 596 g/mol. The molecule has 11 nitrogen and oxygen atoms in total. The van der Waals surface area contributed by atoms with E-state index < -0.39 is 45.4 Å². The van der Waals surface area contributed by atoms with Crippen LogP contribution in [-0.4, -0.2) is 80.2 Å². The maximum absolute atomic E-state index is 13.9. The summed E-state index contributed by atoms with van der Waals surface area (Å²) in [7, 11) is -3.89.